The van der Waals surface area contributed by atoms with Gasteiger partial charge in [0.15, 0.2) is 0 Å². The van der Waals surface area contributed by atoms with Gasteiger partial charge in [0.05, 0.1) is 58.1 Å². The summed E-state index contributed by atoms with van der Waals surface area (Å²) >= 11 is 0. The van der Waals surface area contributed by atoms with E-state index in [1.54, 1.807) is 57.7 Å². The maximum absolute atomic E-state index is 10.3. The van der Waals surface area contributed by atoms with Gasteiger partial charge in [0.2, 0.25) is 0 Å². The van der Waals surface area contributed by atoms with Gasteiger partial charge < -0.3 is 4.74 Å². The number of benzene rings is 11. The maximum Gasteiger partial charge on any atom is 0.269 e. The molecule has 0 saturated carbocycles. The number of para-hydroxylation sites is 2. The Morgan fingerprint density at radius 2 is 1.00 bits per heavy atom. The quantitative estimate of drug-likeness (QED) is 0.112. The van der Waals surface area contributed by atoms with Crippen molar-refractivity contribution < 1.29 is 34.0 Å². The third kappa shape index (κ3) is 8.32. The van der Waals surface area contributed by atoms with E-state index in [0.717, 1.165) is 33.2 Å². The van der Waals surface area contributed by atoms with Gasteiger partial charge in [-0.05, 0) is 162 Å². The molecule has 5 heteroatoms. The molecule has 3 aromatic heterocycles. The van der Waals surface area contributed by atoms with Crippen molar-refractivity contribution in [2.45, 2.75) is 26.2 Å². The molecule has 0 saturated heterocycles. The van der Waals surface area contributed by atoms with E-state index in [2.05, 4.69) is 49.9 Å². The van der Waals surface area contributed by atoms with E-state index < -0.39 is 131 Å². The molecule has 5 nitrogen and oxygen atoms in total. The fraction of sp³-hybridized carbons (Fsp3) is 0.0526. The Balaban J connectivity index is 1.06. The summed E-state index contributed by atoms with van der Waals surface area (Å²) in [6.45, 7) is 6.45. The molecular weight excluding hydrogens is 985 g/mol. The Bertz CT molecular complexity index is 5710. The van der Waals surface area contributed by atoms with Crippen molar-refractivity contribution in [2.75, 3.05) is 0 Å². The summed E-state index contributed by atoms with van der Waals surface area (Å²) < 4.78 is 178. The van der Waals surface area contributed by atoms with Crippen molar-refractivity contribution in [1.29, 1.82) is 0 Å². The maximum atomic E-state index is 10.3. The highest BCUT2D eigenvalue weighted by atomic mass is 16.5. The average molecular weight is 1060 g/mol. The zero-order chi connectivity index (χ0) is 69.8. The Kier molecular flexibility index (Phi) is 7.72. The summed E-state index contributed by atoms with van der Waals surface area (Å²) in [5.41, 5.74) is 5.19. The van der Waals surface area contributed by atoms with Crippen LogP contribution in [0.1, 0.15) is 51.0 Å². The van der Waals surface area contributed by atoms with Crippen molar-refractivity contribution in [1.82, 2.24) is 14.1 Å². The molecule has 1 aliphatic heterocycles. The van der Waals surface area contributed by atoms with Crippen LogP contribution in [0.2, 0.25) is 0 Å². The lowest BCUT2D eigenvalue weighted by Gasteiger charge is -2.20. The van der Waals surface area contributed by atoms with Crippen LogP contribution >= 0.6 is 0 Å². The first-order chi connectivity index (χ1) is 47.3. The molecule has 0 amide bonds. The van der Waals surface area contributed by atoms with Crippen LogP contribution in [0.25, 0.3) is 128 Å². The van der Waals surface area contributed by atoms with Crippen LogP contribution in [-0.4, -0.2) is 14.1 Å². The molecule has 0 N–H and O–H groups in total. The Morgan fingerprint density at radius 1 is 0.444 bits per heavy atom. The molecule has 0 unspecified atom stereocenters. The zero-order valence-electron chi connectivity index (χ0n) is 61.8. The molecule has 0 spiro atoms. The van der Waals surface area contributed by atoms with E-state index >= 15 is 0 Å². The Morgan fingerprint density at radius 3 is 1.68 bits per heavy atom. The number of hydrogen-bond acceptors (Lipinski definition) is 2. The van der Waals surface area contributed by atoms with Crippen molar-refractivity contribution in [3.05, 3.63) is 285 Å². The van der Waals surface area contributed by atoms with E-state index in [0.29, 0.717) is 67.3 Å². The predicted molar refractivity (Wildman–Crippen MR) is 333 cm³/mol. The van der Waals surface area contributed by atoms with E-state index in [1.807, 2.05) is 97.2 Å². The van der Waals surface area contributed by atoms with Crippen LogP contribution in [0.15, 0.2) is 273 Å². The van der Waals surface area contributed by atoms with Gasteiger partial charge in [-0.1, -0.05) is 208 Å². The highest BCUT2D eigenvalue weighted by Gasteiger charge is 2.28. The minimum Gasteiger partial charge on any atom is -0.458 e. The molecule has 0 fully saturated rings. The van der Waals surface area contributed by atoms with Gasteiger partial charge in [0, 0.05) is 23.0 Å². The lowest BCUT2D eigenvalue weighted by atomic mass is 9.87. The van der Waals surface area contributed by atoms with E-state index in [4.69, 9.17) is 22.1 Å². The molecule has 4 heterocycles. The van der Waals surface area contributed by atoms with Gasteiger partial charge in [-0.15, -0.1) is 0 Å². The predicted octanol–water partition coefficient (Wildman–Crippen LogP) is 19.3. The third-order valence-corrected chi connectivity index (χ3v) is 14.8. The van der Waals surface area contributed by atoms with Gasteiger partial charge in [0.1, 0.15) is 17.3 Å². The molecule has 14 aromatic rings. The molecular formula is C76H54N4O. The Labute approximate surface area is 496 Å². The number of aromatic nitrogens is 4. The van der Waals surface area contributed by atoms with Gasteiger partial charge in [0.25, 0.3) is 6.33 Å². The van der Waals surface area contributed by atoms with Crippen molar-refractivity contribution >= 4 is 32.8 Å². The number of pyridine rings is 1. The van der Waals surface area contributed by atoms with Crippen molar-refractivity contribution in [3.8, 4) is 107 Å². The average Bonchev–Trinajstić information content (AvgIpc) is 1.70. The smallest absolute Gasteiger partial charge is 0.269 e. The second-order valence-corrected chi connectivity index (χ2v) is 20.7. The number of hydrogen-bond donors (Lipinski definition) is 0. The molecule has 0 bridgehead atoms. The molecule has 0 aliphatic carbocycles. The van der Waals surface area contributed by atoms with E-state index in [1.165, 1.54) is 0 Å². The zero-order valence-corrected chi connectivity index (χ0v) is 43.8. The molecule has 0 atom stereocenters. The molecule has 384 valence electrons. The lowest BCUT2D eigenvalue weighted by Crippen LogP contribution is -2.32. The first kappa shape index (κ1) is 32.5. The van der Waals surface area contributed by atoms with Crippen molar-refractivity contribution in [3.63, 3.8) is 0 Å². The standard InChI is InChI=1S/C76H54N4O/c1-76(2,3)57-39-40-77-73(46-57)80-70-36-18-17-33-66(70)67-38-37-60(48-71(67)80)81-59-28-19-27-58(47-59)78-49-79-74-61(52-25-11-6-12-26-52)34-20-35-68(74)64-31-15-13-29-62(64)63-30-14-16-32-65(63)69-44-56(45-72(78)75(69)79)55-42-53(50-21-7-4-8-22-50)41-54(43-55)51-23-9-5-10-24-51/h4-48H,1-3H3/i4D,5D,6D,7D,8D,9D,10D,11D,12D,21D,22D,23D,24D,25D,26D,41D,42D,43D. The van der Waals surface area contributed by atoms with Crippen LogP contribution in [0.3, 0.4) is 0 Å². The molecule has 11 aromatic carbocycles. The largest absolute Gasteiger partial charge is 0.458 e. The van der Waals surface area contributed by atoms with Gasteiger partial charge in [-0.3, -0.25) is 13.7 Å². The van der Waals surface area contributed by atoms with Crippen LogP contribution in [0.4, 0.5) is 0 Å². The number of nitrogens with zero attached hydrogens (tertiary/aromatic N) is 4. The van der Waals surface area contributed by atoms with Crippen LogP contribution in [-0.2, 0) is 5.41 Å². The molecule has 15 rings (SSSR count). The molecule has 81 heavy (non-hydrogen) atoms. The topological polar surface area (TPSA) is 35.9 Å². The van der Waals surface area contributed by atoms with Gasteiger partial charge in [-0.25, -0.2) is 4.98 Å². The van der Waals surface area contributed by atoms with E-state index in [9.17, 15) is 12.3 Å². The normalized spacial score (nSPS) is 15.0. The summed E-state index contributed by atoms with van der Waals surface area (Å²) in [4.78, 5) is 4.87. The SMILES string of the molecule is [2H]c1c([2H])c([2H])c(-c2cccc3c2-[n+]2[c-]n(-c4cccc(Oc5ccc6c7ccccc7n(-c7cc(C(C)(C)C)ccn7)c6c5)c4)c4cc(-c5c([2H])c(-c6c([2H])c([2H])c([2H])c([2H])c6[2H])c([2H])c(-c6c([2H])c([2H])c([2H])c([2H])c6[2H])c5[2H])cc(c42)-c2ccccc2-c2ccccc2-3)c([2H])c1[2H]. The third-order valence-electron chi connectivity index (χ3n) is 14.8. The number of ether oxygens (including phenoxy) is 1. The molecule has 0 radical (unpaired) electrons. The van der Waals surface area contributed by atoms with Gasteiger partial charge >= 0.3 is 0 Å². The lowest BCUT2D eigenvalue weighted by molar-refractivity contribution is -0.570. The minimum atomic E-state index is -0.810. The van der Waals surface area contributed by atoms with Crippen LogP contribution < -0.4 is 9.30 Å². The summed E-state index contributed by atoms with van der Waals surface area (Å²) in [6.07, 6.45) is 5.46. The Hall–Kier alpha value is -10.4. The summed E-state index contributed by atoms with van der Waals surface area (Å²) in [6, 6.07) is 36.2. The van der Waals surface area contributed by atoms with Crippen LogP contribution in [0.5, 0.6) is 11.5 Å². The van der Waals surface area contributed by atoms with Gasteiger partial charge in [-0.2, -0.15) is 0 Å². The fourth-order valence-electron chi connectivity index (χ4n) is 11.1. The summed E-state index contributed by atoms with van der Waals surface area (Å²) in [7, 11) is 0. The number of imidazole rings is 1. The first-order valence-corrected chi connectivity index (χ1v) is 26.3. The highest BCUT2D eigenvalue weighted by molar-refractivity contribution is 6.10. The van der Waals surface area contributed by atoms with Crippen molar-refractivity contribution in [2.24, 2.45) is 0 Å². The number of rotatable bonds is 8. The minimum absolute atomic E-state index is 0.0507. The second kappa shape index (κ2) is 19.2. The summed E-state index contributed by atoms with van der Waals surface area (Å²) in [5.74, 6) is 1.55. The number of fused-ring (bicyclic) bond motifs is 10. The second-order valence-electron chi connectivity index (χ2n) is 20.7. The first-order valence-electron chi connectivity index (χ1n) is 35.3. The molecule has 1 aliphatic rings. The van der Waals surface area contributed by atoms with E-state index in [-0.39, 0.29) is 27.7 Å². The highest BCUT2D eigenvalue weighted by Crippen LogP contribution is 2.47. The fourth-order valence-corrected chi connectivity index (χ4v) is 11.1. The summed E-state index contributed by atoms with van der Waals surface area (Å²) in [5, 5.41) is 1.97. The van der Waals surface area contributed by atoms with Crippen LogP contribution in [0, 0.1) is 6.33 Å². The monoisotopic (exact) mass is 1060 g/mol.